The van der Waals surface area contributed by atoms with E-state index in [9.17, 15) is 13.2 Å². The Bertz CT molecular complexity index is 1260. The highest BCUT2D eigenvalue weighted by atomic mass is 35.5. The van der Waals surface area contributed by atoms with Gasteiger partial charge in [-0.3, -0.25) is 9.10 Å². The normalized spacial score (nSPS) is 11.1. The second-order valence-corrected chi connectivity index (χ2v) is 10.1. The standard InChI is InChI=1S/C25H27ClN2O5S/c1-27(2)25(29)17-28(34(30,31)21-11-13-23(32-3)24(16-21)33-4)22-12-10-20(26)15-19(22)14-18-8-6-5-7-9-18/h5-13,15-16H,14,17H2,1-4H3. The van der Waals surface area contributed by atoms with Gasteiger partial charge >= 0.3 is 0 Å². The number of amides is 1. The molecule has 3 rings (SSSR count). The lowest BCUT2D eigenvalue weighted by molar-refractivity contribution is -0.127. The van der Waals surface area contributed by atoms with E-state index in [-0.39, 0.29) is 23.1 Å². The van der Waals surface area contributed by atoms with E-state index in [2.05, 4.69) is 0 Å². The molecular formula is C25H27ClN2O5S. The fraction of sp³-hybridized carbons (Fsp3) is 0.240. The van der Waals surface area contributed by atoms with Crippen molar-refractivity contribution in [3.8, 4) is 11.5 Å². The van der Waals surface area contributed by atoms with Crippen LogP contribution in [0.4, 0.5) is 5.69 Å². The van der Waals surface area contributed by atoms with Crippen LogP contribution in [0.1, 0.15) is 11.1 Å². The van der Waals surface area contributed by atoms with Gasteiger partial charge in [0.15, 0.2) is 11.5 Å². The molecule has 7 nitrogen and oxygen atoms in total. The van der Waals surface area contributed by atoms with E-state index in [1.54, 1.807) is 32.3 Å². The van der Waals surface area contributed by atoms with Crippen LogP contribution in [-0.2, 0) is 21.2 Å². The topological polar surface area (TPSA) is 76.2 Å². The van der Waals surface area contributed by atoms with Gasteiger partial charge in [-0.2, -0.15) is 0 Å². The number of ether oxygens (including phenoxy) is 2. The predicted octanol–water partition coefficient (Wildman–Crippen LogP) is 4.23. The highest BCUT2D eigenvalue weighted by Crippen LogP contribution is 2.34. The van der Waals surface area contributed by atoms with E-state index < -0.39 is 10.0 Å². The Labute approximate surface area is 205 Å². The number of hydrogen-bond acceptors (Lipinski definition) is 5. The molecule has 34 heavy (non-hydrogen) atoms. The van der Waals surface area contributed by atoms with Crippen LogP contribution in [-0.4, -0.2) is 54.1 Å². The Morgan fingerprint density at radius 1 is 0.912 bits per heavy atom. The summed E-state index contributed by atoms with van der Waals surface area (Å²) in [5.41, 5.74) is 2.03. The van der Waals surface area contributed by atoms with Crippen molar-refractivity contribution in [2.75, 3.05) is 39.2 Å². The zero-order valence-corrected chi connectivity index (χ0v) is 21.1. The molecule has 0 atom stereocenters. The number of carbonyl (C=O) groups excluding carboxylic acids is 1. The molecule has 0 saturated carbocycles. The first-order valence-electron chi connectivity index (χ1n) is 10.4. The number of anilines is 1. The van der Waals surface area contributed by atoms with Gasteiger partial charge in [-0.05, 0) is 47.9 Å². The molecular weight excluding hydrogens is 476 g/mol. The number of carbonyl (C=O) groups is 1. The Morgan fingerprint density at radius 3 is 2.21 bits per heavy atom. The van der Waals surface area contributed by atoms with E-state index in [1.165, 1.54) is 37.3 Å². The molecule has 0 radical (unpaired) electrons. The van der Waals surface area contributed by atoms with Crippen LogP contribution in [0.3, 0.4) is 0 Å². The number of nitrogens with zero attached hydrogens (tertiary/aromatic N) is 2. The van der Waals surface area contributed by atoms with Gasteiger partial charge in [-0.1, -0.05) is 41.9 Å². The van der Waals surface area contributed by atoms with Crippen molar-refractivity contribution in [1.82, 2.24) is 4.90 Å². The summed E-state index contributed by atoms with van der Waals surface area (Å²) in [5, 5.41) is 0.470. The molecule has 0 aliphatic heterocycles. The van der Waals surface area contributed by atoms with E-state index in [0.29, 0.717) is 28.4 Å². The first kappa shape index (κ1) is 25.4. The molecule has 0 heterocycles. The Balaban J connectivity index is 2.16. The molecule has 1 amide bonds. The molecule has 0 N–H and O–H groups in total. The fourth-order valence-corrected chi connectivity index (χ4v) is 5.09. The van der Waals surface area contributed by atoms with Gasteiger partial charge in [0.2, 0.25) is 5.91 Å². The molecule has 0 saturated heterocycles. The third-order valence-corrected chi connectivity index (χ3v) is 7.26. The van der Waals surface area contributed by atoms with Crippen molar-refractivity contribution in [3.63, 3.8) is 0 Å². The quantitative estimate of drug-likeness (QED) is 0.437. The molecule has 0 aromatic heterocycles. The molecule has 0 unspecified atom stereocenters. The van der Waals surface area contributed by atoms with Crippen LogP contribution >= 0.6 is 11.6 Å². The van der Waals surface area contributed by atoms with Gasteiger partial charge in [0, 0.05) is 25.2 Å². The number of sulfonamides is 1. The van der Waals surface area contributed by atoms with Crippen molar-refractivity contribution >= 4 is 33.2 Å². The largest absolute Gasteiger partial charge is 0.493 e. The van der Waals surface area contributed by atoms with Crippen molar-refractivity contribution < 1.29 is 22.7 Å². The van der Waals surface area contributed by atoms with Crippen LogP contribution in [0.25, 0.3) is 0 Å². The number of hydrogen-bond donors (Lipinski definition) is 0. The van der Waals surface area contributed by atoms with Gasteiger partial charge in [-0.25, -0.2) is 8.42 Å². The fourth-order valence-electron chi connectivity index (χ4n) is 3.42. The number of methoxy groups -OCH3 is 2. The van der Waals surface area contributed by atoms with Gasteiger partial charge in [0.05, 0.1) is 24.8 Å². The molecule has 180 valence electrons. The van der Waals surface area contributed by atoms with E-state index in [4.69, 9.17) is 21.1 Å². The lowest BCUT2D eigenvalue weighted by Gasteiger charge is -2.28. The molecule has 0 aliphatic rings. The minimum Gasteiger partial charge on any atom is -0.493 e. The van der Waals surface area contributed by atoms with Crippen LogP contribution < -0.4 is 13.8 Å². The number of likely N-dealkylation sites (N-methyl/N-ethyl adjacent to an activating group) is 1. The summed E-state index contributed by atoms with van der Waals surface area (Å²) in [4.78, 5) is 14.0. The summed E-state index contributed by atoms with van der Waals surface area (Å²) < 4.78 is 39.4. The SMILES string of the molecule is COc1ccc(S(=O)(=O)N(CC(=O)N(C)C)c2ccc(Cl)cc2Cc2ccccc2)cc1OC. The highest BCUT2D eigenvalue weighted by molar-refractivity contribution is 7.92. The van der Waals surface area contributed by atoms with E-state index in [1.807, 2.05) is 30.3 Å². The Kier molecular flexibility index (Phi) is 8.06. The van der Waals surface area contributed by atoms with Gasteiger partial charge < -0.3 is 14.4 Å². The van der Waals surface area contributed by atoms with Crippen molar-refractivity contribution in [2.45, 2.75) is 11.3 Å². The van der Waals surface area contributed by atoms with Gasteiger partial charge in [0.1, 0.15) is 6.54 Å². The van der Waals surface area contributed by atoms with Crippen molar-refractivity contribution in [3.05, 3.63) is 82.9 Å². The van der Waals surface area contributed by atoms with Crippen LogP contribution in [0.5, 0.6) is 11.5 Å². The first-order valence-corrected chi connectivity index (χ1v) is 12.3. The summed E-state index contributed by atoms with van der Waals surface area (Å²) in [6.07, 6.45) is 0.435. The molecule has 3 aromatic carbocycles. The lowest BCUT2D eigenvalue weighted by atomic mass is 10.0. The van der Waals surface area contributed by atoms with E-state index >= 15 is 0 Å². The summed E-state index contributed by atoms with van der Waals surface area (Å²) >= 11 is 6.27. The number of benzene rings is 3. The molecule has 0 bridgehead atoms. The maximum absolute atomic E-state index is 13.9. The van der Waals surface area contributed by atoms with Gasteiger partial charge in [-0.15, -0.1) is 0 Å². The maximum Gasteiger partial charge on any atom is 0.264 e. The van der Waals surface area contributed by atoms with Gasteiger partial charge in [0.25, 0.3) is 10.0 Å². The lowest BCUT2D eigenvalue weighted by Crippen LogP contribution is -2.41. The predicted molar refractivity (Wildman–Crippen MR) is 133 cm³/mol. The van der Waals surface area contributed by atoms with Crippen LogP contribution in [0.15, 0.2) is 71.6 Å². The highest BCUT2D eigenvalue weighted by Gasteiger charge is 2.30. The zero-order valence-electron chi connectivity index (χ0n) is 19.5. The Morgan fingerprint density at radius 2 is 1.59 bits per heavy atom. The minimum absolute atomic E-state index is 0.0303. The van der Waals surface area contributed by atoms with E-state index in [0.717, 1.165) is 9.87 Å². The van der Waals surface area contributed by atoms with Crippen LogP contribution in [0.2, 0.25) is 5.02 Å². The monoisotopic (exact) mass is 502 g/mol. The number of rotatable bonds is 9. The smallest absolute Gasteiger partial charge is 0.264 e. The third-order valence-electron chi connectivity index (χ3n) is 5.27. The maximum atomic E-state index is 13.9. The summed E-state index contributed by atoms with van der Waals surface area (Å²) in [6, 6.07) is 18.9. The molecule has 0 aliphatic carbocycles. The molecule has 3 aromatic rings. The Hall–Kier alpha value is -3.23. The summed E-state index contributed by atoms with van der Waals surface area (Å²) in [5.74, 6) is 0.293. The molecule has 0 spiro atoms. The average molecular weight is 503 g/mol. The summed E-state index contributed by atoms with van der Waals surface area (Å²) in [6.45, 7) is -0.382. The first-order chi connectivity index (χ1) is 16.2. The van der Waals surface area contributed by atoms with Crippen molar-refractivity contribution in [1.29, 1.82) is 0 Å². The molecule has 0 fully saturated rings. The van der Waals surface area contributed by atoms with Crippen LogP contribution in [0, 0.1) is 0 Å². The third kappa shape index (κ3) is 5.63. The average Bonchev–Trinajstić information content (AvgIpc) is 2.82. The molecule has 9 heteroatoms. The van der Waals surface area contributed by atoms with Crippen molar-refractivity contribution in [2.24, 2.45) is 0 Å². The zero-order chi connectivity index (χ0) is 24.9. The summed E-state index contributed by atoms with van der Waals surface area (Å²) in [7, 11) is 1.90. The second kappa shape index (κ2) is 10.8. The minimum atomic E-state index is -4.16. The number of halogens is 1. The second-order valence-electron chi connectivity index (χ2n) is 7.75.